The molecule has 13 nitrogen and oxygen atoms in total. The third-order valence-electron chi connectivity index (χ3n) is 7.72. The lowest BCUT2D eigenvalue weighted by Gasteiger charge is -2.28. The average molecular weight is 661 g/mol. The maximum absolute atomic E-state index is 13.5. The molecule has 0 aromatic heterocycles. The number of hydrogen-bond donors (Lipinski definition) is 7. The number of carbonyl (C=O) groups is 6. The van der Waals surface area contributed by atoms with Gasteiger partial charge in [0.1, 0.15) is 12.1 Å². The highest BCUT2D eigenvalue weighted by Crippen LogP contribution is 2.12. The molecule has 5 amide bonds. The van der Waals surface area contributed by atoms with Gasteiger partial charge in [-0.3, -0.25) is 28.8 Å². The van der Waals surface area contributed by atoms with Gasteiger partial charge in [-0.1, -0.05) is 59.6 Å². The van der Waals surface area contributed by atoms with E-state index in [0.717, 1.165) is 5.56 Å². The number of aliphatic carboxylic acids is 1. The predicted octanol–water partition coefficient (Wildman–Crippen LogP) is 2.84. The molecule has 0 saturated carbocycles. The zero-order valence-electron chi connectivity index (χ0n) is 29.0. The van der Waals surface area contributed by atoms with Crippen molar-refractivity contribution in [2.24, 2.45) is 11.8 Å². The number of carboxylic acid groups (broad SMARTS) is 1. The SMILES string of the molecule is CCC[C@H](NC(=O)[C@@H](NC(=O)CCCC(=O)O)[C@@H](C)CC)C(=O)N[C@H](CN[C@@H](C)C(=O)NCc1ccc(NC(C)=O)cc1)CC(C)C. The molecule has 0 saturated heterocycles. The largest absolute Gasteiger partial charge is 0.481 e. The fourth-order valence-electron chi connectivity index (χ4n) is 4.89. The summed E-state index contributed by atoms with van der Waals surface area (Å²) >= 11 is 0. The maximum atomic E-state index is 13.5. The summed E-state index contributed by atoms with van der Waals surface area (Å²) in [6.45, 7) is 13.5. The highest BCUT2D eigenvalue weighted by Gasteiger charge is 2.30. The highest BCUT2D eigenvalue weighted by molar-refractivity contribution is 5.92. The van der Waals surface area contributed by atoms with E-state index in [4.69, 9.17) is 5.11 Å². The lowest BCUT2D eigenvalue weighted by molar-refractivity contribution is -0.137. The van der Waals surface area contributed by atoms with E-state index in [-0.39, 0.29) is 54.9 Å². The molecular weight excluding hydrogens is 604 g/mol. The Bertz CT molecular complexity index is 1170. The summed E-state index contributed by atoms with van der Waals surface area (Å²) in [6.07, 6.45) is 2.28. The molecule has 0 heterocycles. The van der Waals surface area contributed by atoms with Crippen LogP contribution >= 0.6 is 0 Å². The van der Waals surface area contributed by atoms with E-state index < -0.39 is 35.9 Å². The Balaban J connectivity index is 2.81. The van der Waals surface area contributed by atoms with Gasteiger partial charge in [0.15, 0.2) is 0 Å². The Kier molecular flexibility index (Phi) is 19.0. The monoisotopic (exact) mass is 660 g/mol. The molecule has 0 aliphatic carbocycles. The molecule has 0 bridgehead atoms. The van der Waals surface area contributed by atoms with E-state index in [0.29, 0.717) is 44.5 Å². The standard InChI is InChI=1S/C34H56N6O7/c1-8-11-28(39-34(47)31(22(5)9-2)40-29(42)12-10-13-30(43)44)33(46)38-27(18-21(3)4)20-35-23(6)32(45)36-19-25-14-16-26(17-15-25)37-24(7)41/h14-17,21-23,27-28,31,35H,8-13,18-20H2,1-7H3,(H,36,45)(H,37,41)(H,38,46)(H,39,47)(H,40,42)(H,43,44)/t22-,23-,27-,28-,31-/m0/s1. The van der Waals surface area contributed by atoms with Crippen molar-refractivity contribution in [3.05, 3.63) is 29.8 Å². The summed E-state index contributed by atoms with van der Waals surface area (Å²) in [7, 11) is 0. The lowest BCUT2D eigenvalue weighted by atomic mass is 9.97. The van der Waals surface area contributed by atoms with Gasteiger partial charge in [0.2, 0.25) is 29.5 Å². The van der Waals surface area contributed by atoms with Gasteiger partial charge in [0, 0.05) is 44.6 Å². The molecule has 264 valence electrons. The van der Waals surface area contributed by atoms with Crippen LogP contribution in [-0.4, -0.2) is 71.3 Å². The molecule has 0 spiro atoms. The molecule has 0 aliphatic heterocycles. The van der Waals surface area contributed by atoms with Gasteiger partial charge in [-0.05, 0) is 55.7 Å². The first-order valence-corrected chi connectivity index (χ1v) is 16.7. The average Bonchev–Trinajstić information content (AvgIpc) is 3.00. The molecule has 0 unspecified atom stereocenters. The van der Waals surface area contributed by atoms with Crippen molar-refractivity contribution in [3.8, 4) is 0 Å². The smallest absolute Gasteiger partial charge is 0.303 e. The first-order chi connectivity index (χ1) is 22.2. The number of anilines is 1. The predicted molar refractivity (Wildman–Crippen MR) is 181 cm³/mol. The highest BCUT2D eigenvalue weighted by atomic mass is 16.4. The van der Waals surface area contributed by atoms with Crippen LogP contribution in [0.3, 0.4) is 0 Å². The van der Waals surface area contributed by atoms with Crippen molar-refractivity contribution >= 4 is 41.2 Å². The maximum Gasteiger partial charge on any atom is 0.303 e. The fraction of sp³-hybridized carbons (Fsp3) is 0.647. The van der Waals surface area contributed by atoms with E-state index in [1.54, 1.807) is 19.1 Å². The first-order valence-electron chi connectivity index (χ1n) is 16.7. The quantitative estimate of drug-likeness (QED) is 0.0986. The van der Waals surface area contributed by atoms with Crippen LogP contribution in [0.5, 0.6) is 0 Å². The zero-order chi connectivity index (χ0) is 35.5. The van der Waals surface area contributed by atoms with Gasteiger partial charge >= 0.3 is 5.97 Å². The van der Waals surface area contributed by atoms with E-state index >= 15 is 0 Å². The molecule has 0 fully saturated rings. The summed E-state index contributed by atoms with van der Waals surface area (Å²) in [5.41, 5.74) is 1.55. The third-order valence-corrected chi connectivity index (χ3v) is 7.72. The molecule has 0 radical (unpaired) electrons. The molecule has 13 heteroatoms. The van der Waals surface area contributed by atoms with E-state index in [1.807, 2.05) is 46.8 Å². The summed E-state index contributed by atoms with van der Waals surface area (Å²) in [5.74, 6) is -2.54. The molecule has 1 aromatic carbocycles. The van der Waals surface area contributed by atoms with Crippen LogP contribution in [0.4, 0.5) is 5.69 Å². The second-order valence-corrected chi connectivity index (χ2v) is 12.6. The minimum atomic E-state index is -0.991. The summed E-state index contributed by atoms with van der Waals surface area (Å²) in [6, 6.07) is 4.64. The van der Waals surface area contributed by atoms with E-state index in [9.17, 15) is 28.8 Å². The van der Waals surface area contributed by atoms with Crippen molar-refractivity contribution in [2.45, 2.75) is 124 Å². The van der Waals surface area contributed by atoms with E-state index in [2.05, 4.69) is 31.9 Å². The Morgan fingerprint density at radius 2 is 1.49 bits per heavy atom. The number of rotatable bonds is 22. The minimum absolute atomic E-state index is 0.0151. The number of hydrogen-bond acceptors (Lipinski definition) is 7. The third kappa shape index (κ3) is 16.9. The van der Waals surface area contributed by atoms with Crippen LogP contribution in [0.25, 0.3) is 0 Å². The van der Waals surface area contributed by atoms with Crippen LogP contribution in [0.15, 0.2) is 24.3 Å². The van der Waals surface area contributed by atoms with Crippen molar-refractivity contribution < 1.29 is 33.9 Å². The van der Waals surface area contributed by atoms with Crippen LogP contribution in [0, 0.1) is 11.8 Å². The number of nitrogens with one attached hydrogen (secondary N) is 6. The summed E-state index contributed by atoms with van der Waals surface area (Å²) < 4.78 is 0. The Morgan fingerprint density at radius 1 is 0.830 bits per heavy atom. The van der Waals surface area contributed by atoms with Crippen molar-refractivity contribution in [1.82, 2.24) is 26.6 Å². The van der Waals surface area contributed by atoms with Gasteiger partial charge in [-0.25, -0.2) is 0 Å². The van der Waals surface area contributed by atoms with Crippen LogP contribution in [0.2, 0.25) is 0 Å². The molecule has 0 aliphatic rings. The molecule has 47 heavy (non-hydrogen) atoms. The van der Waals surface area contributed by atoms with Crippen molar-refractivity contribution in [2.75, 3.05) is 11.9 Å². The fourth-order valence-corrected chi connectivity index (χ4v) is 4.89. The molecule has 1 rings (SSSR count). The second kappa shape index (κ2) is 21.7. The van der Waals surface area contributed by atoms with Crippen molar-refractivity contribution in [3.63, 3.8) is 0 Å². The van der Waals surface area contributed by atoms with Gasteiger partial charge in [-0.15, -0.1) is 0 Å². The van der Waals surface area contributed by atoms with Gasteiger partial charge < -0.3 is 37.0 Å². The molecule has 7 N–H and O–H groups in total. The first kappa shape index (κ1) is 41.0. The second-order valence-electron chi connectivity index (χ2n) is 12.6. The van der Waals surface area contributed by atoms with Crippen LogP contribution in [-0.2, 0) is 35.3 Å². The lowest BCUT2D eigenvalue weighted by Crippen LogP contribution is -2.57. The Morgan fingerprint density at radius 3 is 2.04 bits per heavy atom. The molecular formula is C34H56N6O7. The number of carbonyl (C=O) groups excluding carboxylic acids is 5. The normalized spacial score (nSPS) is 14.2. The molecule has 5 atom stereocenters. The summed E-state index contributed by atoms with van der Waals surface area (Å²) in [4.78, 5) is 74.1. The van der Waals surface area contributed by atoms with E-state index in [1.165, 1.54) is 6.92 Å². The number of benzene rings is 1. The van der Waals surface area contributed by atoms with Crippen LogP contribution < -0.4 is 31.9 Å². The minimum Gasteiger partial charge on any atom is -0.481 e. The van der Waals surface area contributed by atoms with Crippen LogP contribution in [0.1, 0.15) is 99.0 Å². The topological polar surface area (TPSA) is 195 Å². The Labute approximate surface area is 279 Å². The van der Waals surface area contributed by atoms with Gasteiger partial charge in [-0.2, -0.15) is 0 Å². The van der Waals surface area contributed by atoms with Gasteiger partial charge in [0.05, 0.1) is 6.04 Å². The van der Waals surface area contributed by atoms with Crippen molar-refractivity contribution in [1.29, 1.82) is 0 Å². The zero-order valence-corrected chi connectivity index (χ0v) is 29.0. The number of carboxylic acids is 1. The summed E-state index contributed by atoms with van der Waals surface area (Å²) in [5, 5.41) is 26.3. The molecule has 1 aromatic rings. The van der Waals surface area contributed by atoms with Gasteiger partial charge in [0.25, 0.3) is 0 Å². The number of amides is 5. The Hall–Kier alpha value is -4.00.